The monoisotopic (exact) mass is 224 g/mol. The first-order valence-corrected chi connectivity index (χ1v) is 6.08. The summed E-state index contributed by atoms with van der Waals surface area (Å²) in [5.74, 6) is 1.10. The van der Waals surface area contributed by atoms with E-state index in [1.807, 2.05) is 13.0 Å². The van der Waals surface area contributed by atoms with Gasteiger partial charge in [0.15, 0.2) is 0 Å². The van der Waals surface area contributed by atoms with Gasteiger partial charge >= 0.3 is 0 Å². The molecule has 0 radical (unpaired) electrons. The third kappa shape index (κ3) is 2.03. The van der Waals surface area contributed by atoms with Crippen molar-refractivity contribution in [3.63, 3.8) is 0 Å². The number of hydrogen-bond acceptors (Lipinski definition) is 2. The molecule has 1 aliphatic rings. The van der Waals surface area contributed by atoms with Crippen LogP contribution in [0.25, 0.3) is 0 Å². The van der Waals surface area contributed by atoms with Crippen LogP contribution >= 0.6 is 0 Å². The van der Waals surface area contributed by atoms with Crippen LogP contribution in [-0.4, -0.2) is 11.5 Å². The minimum atomic E-state index is 0.979. The SMILES string of the molecule is Cc1cccc(N2CCc3ccccc3C2)n1. The van der Waals surface area contributed by atoms with Gasteiger partial charge in [-0.05, 0) is 36.6 Å². The number of benzene rings is 1. The second-order valence-corrected chi connectivity index (χ2v) is 4.58. The number of nitrogens with zero attached hydrogens (tertiary/aromatic N) is 2. The van der Waals surface area contributed by atoms with Gasteiger partial charge in [-0.1, -0.05) is 30.3 Å². The molecule has 0 fully saturated rings. The van der Waals surface area contributed by atoms with Crippen molar-refractivity contribution in [2.24, 2.45) is 0 Å². The summed E-state index contributed by atoms with van der Waals surface area (Å²) in [6, 6.07) is 14.9. The third-order valence-electron chi connectivity index (χ3n) is 3.33. The fourth-order valence-electron chi connectivity index (χ4n) is 2.40. The van der Waals surface area contributed by atoms with Crippen LogP contribution in [0.5, 0.6) is 0 Å². The lowest BCUT2D eigenvalue weighted by atomic mass is 10.00. The maximum atomic E-state index is 4.60. The molecule has 2 aromatic rings. The summed E-state index contributed by atoms with van der Waals surface area (Å²) >= 11 is 0. The van der Waals surface area contributed by atoms with Gasteiger partial charge < -0.3 is 4.90 Å². The minimum Gasteiger partial charge on any atom is -0.352 e. The second kappa shape index (κ2) is 4.21. The van der Waals surface area contributed by atoms with E-state index in [1.165, 1.54) is 11.1 Å². The zero-order chi connectivity index (χ0) is 11.7. The second-order valence-electron chi connectivity index (χ2n) is 4.58. The van der Waals surface area contributed by atoms with Crippen molar-refractivity contribution in [3.05, 3.63) is 59.3 Å². The number of hydrogen-bond donors (Lipinski definition) is 0. The molecule has 0 amide bonds. The van der Waals surface area contributed by atoms with E-state index in [1.54, 1.807) is 0 Å². The average Bonchev–Trinajstić information content (AvgIpc) is 2.38. The van der Waals surface area contributed by atoms with Crippen molar-refractivity contribution in [3.8, 4) is 0 Å². The molecule has 2 heteroatoms. The Labute approximate surface area is 102 Å². The molecule has 2 nitrogen and oxygen atoms in total. The van der Waals surface area contributed by atoms with E-state index < -0.39 is 0 Å². The predicted octanol–water partition coefficient (Wildman–Crippen LogP) is 2.95. The fraction of sp³-hybridized carbons (Fsp3) is 0.267. The molecule has 0 atom stereocenters. The van der Waals surface area contributed by atoms with Crippen LogP contribution in [0.3, 0.4) is 0 Å². The van der Waals surface area contributed by atoms with Crippen LogP contribution < -0.4 is 4.90 Å². The van der Waals surface area contributed by atoms with Crippen molar-refractivity contribution in [2.75, 3.05) is 11.4 Å². The molecule has 86 valence electrons. The van der Waals surface area contributed by atoms with Crippen molar-refractivity contribution in [1.82, 2.24) is 4.98 Å². The molecule has 3 rings (SSSR count). The Morgan fingerprint density at radius 1 is 1.00 bits per heavy atom. The number of pyridine rings is 1. The smallest absolute Gasteiger partial charge is 0.129 e. The van der Waals surface area contributed by atoms with Crippen LogP contribution in [0, 0.1) is 6.92 Å². The normalized spacial score (nSPS) is 14.5. The first-order valence-electron chi connectivity index (χ1n) is 6.08. The summed E-state index contributed by atoms with van der Waals surface area (Å²) in [6.45, 7) is 4.08. The van der Waals surface area contributed by atoms with E-state index in [2.05, 4.69) is 46.3 Å². The van der Waals surface area contributed by atoms with E-state index in [0.717, 1.165) is 31.0 Å². The molecular weight excluding hydrogens is 208 g/mol. The molecule has 0 aliphatic carbocycles. The lowest BCUT2D eigenvalue weighted by Gasteiger charge is -2.29. The molecule has 0 saturated heterocycles. The summed E-state index contributed by atoms with van der Waals surface area (Å²) in [5, 5.41) is 0. The summed E-state index contributed by atoms with van der Waals surface area (Å²) < 4.78 is 0. The molecular formula is C15H16N2. The lowest BCUT2D eigenvalue weighted by molar-refractivity contribution is 0.719. The number of rotatable bonds is 1. The van der Waals surface area contributed by atoms with Gasteiger partial charge in [0, 0.05) is 18.8 Å². The van der Waals surface area contributed by atoms with Gasteiger partial charge in [-0.3, -0.25) is 0 Å². The van der Waals surface area contributed by atoms with Gasteiger partial charge in [0.1, 0.15) is 5.82 Å². The van der Waals surface area contributed by atoms with E-state index in [0.29, 0.717) is 0 Å². The molecule has 0 unspecified atom stereocenters. The Hall–Kier alpha value is -1.83. The van der Waals surface area contributed by atoms with Crippen molar-refractivity contribution in [2.45, 2.75) is 19.9 Å². The first kappa shape index (κ1) is 10.3. The fourth-order valence-corrected chi connectivity index (χ4v) is 2.40. The van der Waals surface area contributed by atoms with Gasteiger partial charge in [-0.2, -0.15) is 0 Å². The van der Waals surface area contributed by atoms with Gasteiger partial charge in [-0.15, -0.1) is 0 Å². The Balaban J connectivity index is 1.89. The highest BCUT2D eigenvalue weighted by molar-refractivity contribution is 5.44. The van der Waals surface area contributed by atoms with Crippen molar-refractivity contribution >= 4 is 5.82 Å². The number of aryl methyl sites for hydroxylation is 1. The van der Waals surface area contributed by atoms with Gasteiger partial charge in [0.2, 0.25) is 0 Å². The maximum absolute atomic E-state index is 4.60. The maximum Gasteiger partial charge on any atom is 0.129 e. The van der Waals surface area contributed by atoms with Crippen LogP contribution in [-0.2, 0) is 13.0 Å². The molecule has 0 saturated carbocycles. The van der Waals surface area contributed by atoms with Crippen LogP contribution in [0.2, 0.25) is 0 Å². The minimum absolute atomic E-state index is 0.979. The quantitative estimate of drug-likeness (QED) is 0.740. The standard InChI is InChI=1S/C15H16N2/c1-12-5-4-8-15(16-12)17-10-9-13-6-2-3-7-14(13)11-17/h2-8H,9-11H2,1H3. The van der Waals surface area contributed by atoms with Gasteiger partial charge in [0.25, 0.3) is 0 Å². The van der Waals surface area contributed by atoms with Gasteiger partial charge in [0.05, 0.1) is 0 Å². The molecule has 2 heterocycles. The summed E-state index contributed by atoms with van der Waals surface area (Å²) in [5.41, 5.74) is 4.00. The molecule has 0 spiro atoms. The molecule has 1 aromatic heterocycles. The highest BCUT2D eigenvalue weighted by Crippen LogP contribution is 2.22. The van der Waals surface area contributed by atoms with Crippen LogP contribution in [0.1, 0.15) is 16.8 Å². The van der Waals surface area contributed by atoms with Crippen molar-refractivity contribution < 1.29 is 0 Å². The Morgan fingerprint density at radius 2 is 1.82 bits per heavy atom. The Kier molecular flexibility index (Phi) is 2.56. The molecule has 0 bridgehead atoms. The Bertz CT molecular complexity index is 534. The number of fused-ring (bicyclic) bond motifs is 1. The van der Waals surface area contributed by atoms with Gasteiger partial charge in [-0.25, -0.2) is 4.98 Å². The number of anilines is 1. The first-order chi connectivity index (χ1) is 8.33. The molecule has 1 aliphatic heterocycles. The highest BCUT2D eigenvalue weighted by atomic mass is 15.2. The average molecular weight is 224 g/mol. The summed E-state index contributed by atoms with van der Waals surface area (Å²) in [7, 11) is 0. The zero-order valence-electron chi connectivity index (χ0n) is 10.1. The number of aromatic nitrogens is 1. The largest absolute Gasteiger partial charge is 0.352 e. The molecule has 1 aromatic carbocycles. The Morgan fingerprint density at radius 3 is 2.65 bits per heavy atom. The van der Waals surface area contributed by atoms with E-state index in [-0.39, 0.29) is 0 Å². The molecule has 17 heavy (non-hydrogen) atoms. The highest BCUT2D eigenvalue weighted by Gasteiger charge is 2.16. The molecule has 0 N–H and O–H groups in total. The summed E-state index contributed by atoms with van der Waals surface area (Å²) in [4.78, 5) is 6.95. The summed E-state index contributed by atoms with van der Waals surface area (Å²) in [6.07, 6.45) is 1.12. The lowest BCUT2D eigenvalue weighted by Crippen LogP contribution is -2.30. The van der Waals surface area contributed by atoms with Crippen molar-refractivity contribution in [1.29, 1.82) is 0 Å². The van der Waals surface area contributed by atoms with E-state index in [9.17, 15) is 0 Å². The van der Waals surface area contributed by atoms with E-state index >= 15 is 0 Å². The predicted molar refractivity (Wildman–Crippen MR) is 70.2 cm³/mol. The van der Waals surface area contributed by atoms with Crippen LogP contribution in [0.4, 0.5) is 5.82 Å². The third-order valence-corrected chi connectivity index (χ3v) is 3.33. The topological polar surface area (TPSA) is 16.1 Å². The zero-order valence-corrected chi connectivity index (χ0v) is 10.1. The van der Waals surface area contributed by atoms with Crippen LogP contribution in [0.15, 0.2) is 42.5 Å². The van der Waals surface area contributed by atoms with E-state index in [4.69, 9.17) is 0 Å².